The fraction of sp³-hybridized carbons (Fsp3) is 1.00. The molecule has 0 N–H and O–H groups in total. The zero-order valence-electron chi connectivity index (χ0n) is 10.2. The summed E-state index contributed by atoms with van der Waals surface area (Å²) >= 11 is 1.95. The Balaban J connectivity index is 2.39. The molecule has 0 aromatic heterocycles. The van der Waals surface area contributed by atoms with Gasteiger partial charge in [-0.2, -0.15) is 0 Å². The van der Waals surface area contributed by atoms with Crippen molar-refractivity contribution in [2.45, 2.75) is 38.6 Å². The molecule has 1 aliphatic heterocycles. The van der Waals surface area contributed by atoms with Gasteiger partial charge in [-0.25, -0.2) is 0 Å². The SMILES string of the molecule is CSC(C)N1CCN(C(C)(C)C)CC1. The Labute approximate surface area is 93.0 Å². The zero-order valence-corrected chi connectivity index (χ0v) is 11.0. The van der Waals surface area contributed by atoms with Gasteiger partial charge >= 0.3 is 0 Å². The van der Waals surface area contributed by atoms with E-state index < -0.39 is 0 Å². The van der Waals surface area contributed by atoms with E-state index >= 15 is 0 Å². The number of hydrogen-bond acceptors (Lipinski definition) is 3. The van der Waals surface area contributed by atoms with E-state index in [1.54, 1.807) is 0 Å². The molecule has 0 saturated carbocycles. The maximum Gasteiger partial charge on any atom is 0.0526 e. The first-order chi connectivity index (χ1) is 6.45. The molecule has 14 heavy (non-hydrogen) atoms. The predicted octanol–water partition coefficient (Wildman–Crippen LogP) is 2.11. The van der Waals surface area contributed by atoms with E-state index in [9.17, 15) is 0 Å². The third-order valence-corrected chi connectivity index (χ3v) is 4.10. The summed E-state index contributed by atoms with van der Waals surface area (Å²) in [5, 5.41) is 0.678. The molecule has 3 heteroatoms. The van der Waals surface area contributed by atoms with Crippen molar-refractivity contribution in [1.82, 2.24) is 9.80 Å². The average Bonchev–Trinajstić information content (AvgIpc) is 2.15. The second-order valence-corrected chi connectivity index (χ2v) is 6.18. The number of nitrogens with zero attached hydrogens (tertiary/aromatic N) is 2. The zero-order chi connectivity index (χ0) is 10.8. The summed E-state index contributed by atoms with van der Waals surface area (Å²) in [4.78, 5) is 5.16. The minimum absolute atomic E-state index is 0.342. The van der Waals surface area contributed by atoms with Crippen LogP contribution in [-0.2, 0) is 0 Å². The standard InChI is InChI=1S/C11H24N2S/c1-10(14-5)12-6-8-13(9-7-12)11(2,3)4/h10H,6-9H2,1-5H3. The van der Waals surface area contributed by atoms with Crippen LogP contribution in [0.1, 0.15) is 27.7 Å². The first-order valence-corrected chi connectivity index (χ1v) is 6.76. The summed E-state index contributed by atoms with van der Waals surface area (Å²) in [6.45, 7) is 14.1. The van der Waals surface area contributed by atoms with E-state index in [2.05, 4.69) is 43.8 Å². The summed E-state index contributed by atoms with van der Waals surface area (Å²) in [6.07, 6.45) is 2.20. The van der Waals surface area contributed by atoms with Crippen molar-refractivity contribution in [2.75, 3.05) is 32.4 Å². The molecule has 1 aliphatic rings. The van der Waals surface area contributed by atoms with Gasteiger partial charge in [-0.1, -0.05) is 0 Å². The van der Waals surface area contributed by atoms with Crippen LogP contribution < -0.4 is 0 Å². The third-order valence-electron chi connectivity index (χ3n) is 3.12. The average molecular weight is 216 g/mol. The summed E-state index contributed by atoms with van der Waals surface area (Å²) in [5.41, 5.74) is 0.342. The summed E-state index contributed by atoms with van der Waals surface area (Å²) in [5.74, 6) is 0. The lowest BCUT2D eigenvalue weighted by Crippen LogP contribution is -2.54. The van der Waals surface area contributed by atoms with Crippen molar-refractivity contribution in [3.8, 4) is 0 Å². The highest BCUT2D eigenvalue weighted by molar-refractivity contribution is 7.99. The fourth-order valence-corrected chi connectivity index (χ4v) is 2.41. The van der Waals surface area contributed by atoms with Crippen molar-refractivity contribution >= 4 is 11.8 Å². The van der Waals surface area contributed by atoms with E-state index in [1.807, 2.05) is 11.8 Å². The van der Waals surface area contributed by atoms with Crippen LogP contribution >= 0.6 is 11.8 Å². The Morgan fingerprint density at radius 3 is 1.93 bits per heavy atom. The van der Waals surface area contributed by atoms with Gasteiger partial charge in [0.05, 0.1) is 5.37 Å². The largest absolute Gasteiger partial charge is 0.296 e. The summed E-state index contributed by atoms with van der Waals surface area (Å²) in [7, 11) is 0. The van der Waals surface area contributed by atoms with Crippen LogP contribution in [0.25, 0.3) is 0 Å². The second kappa shape index (κ2) is 4.86. The lowest BCUT2D eigenvalue weighted by Gasteiger charge is -2.43. The molecule has 0 aromatic carbocycles. The van der Waals surface area contributed by atoms with Crippen molar-refractivity contribution < 1.29 is 0 Å². The molecule has 1 fully saturated rings. The molecule has 0 spiro atoms. The van der Waals surface area contributed by atoms with E-state index in [0.29, 0.717) is 10.9 Å². The van der Waals surface area contributed by atoms with Crippen molar-refractivity contribution in [2.24, 2.45) is 0 Å². The lowest BCUT2D eigenvalue weighted by molar-refractivity contribution is 0.0599. The molecule has 1 saturated heterocycles. The van der Waals surface area contributed by atoms with Crippen LogP contribution in [-0.4, -0.2) is 53.1 Å². The van der Waals surface area contributed by atoms with Gasteiger partial charge in [0.2, 0.25) is 0 Å². The Hall–Kier alpha value is 0.270. The molecule has 0 radical (unpaired) electrons. The van der Waals surface area contributed by atoms with E-state index in [4.69, 9.17) is 0 Å². The molecular formula is C11H24N2S. The van der Waals surface area contributed by atoms with E-state index in [0.717, 1.165) is 0 Å². The Morgan fingerprint density at radius 2 is 1.57 bits per heavy atom. The van der Waals surface area contributed by atoms with Gasteiger partial charge in [0.15, 0.2) is 0 Å². The van der Waals surface area contributed by atoms with Gasteiger partial charge in [-0.05, 0) is 34.0 Å². The number of hydrogen-bond donors (Lipinski definition) is 0. The topological polar surface area (TPSA) is 6.48 Å². The highest BCUT2D eigenvalue weighted by Gasteiger charge is 2.27. The molecule has 0 bridgehead atoms. The Bertz CT molecular complexity index is 169. The fourth-order valence-electron chi connectivity index (χ4n) is 1.91. The van der Waals surface area contributed by atoms with Crippen LogP contribution in [0.15, 0.2) is 0 Å². The molecule has 1 atom stereocenters. The van der Waals surface area contributed by atoms with Crippen LogP contribution in [0, 0.1) is 0 Å². The molecule has 2 nitrogen and oxygen atoms in total. The molecular weight excluding hydrogens is 192 g/mol. The molecule has 1 rings (SSSR count). The Morgan fingerprint density at radius 1 is 1.07 bits per heavy atom. The van der Waals surface area contributed by atoms with Gasteiger partial charge in [-0.3, -0.25) is 9.80 Å². The summed E-state index contributed by atoms with van der Waals surface area (Å²) < 4.78 is 0. The van der Waals surface area contributed by atoms with Crippen LogP contribution in [0.4, 0.5) is 0 Å². The van der Waals surface area contributed by atoms with E-state index in [-0.39, 0.29) is 0 Å². The molecule has 1 unspecified atom stereocenters. The molecule has 1 heterocycles. The quantitative estimate of drug-likeness (QED) is 0.698. The number of thioether (sulfide) groups is 1. The van der Waals surface area contributed by atoms with Gasteiger partial charge < -0.3 is 0 Å². The predicted molar refractivity (Wildman–Crippen MR) is 65.9 cm³/mol. The Kier molecular flexibility index (Phi) is 4.29. The van der Waals surface area contributed by atoms with E-state index in [1.165, 1.54) is 26.2 Å². The molecule has 84 valence electrons. The maximum absolute atomic E-state index is 2.58. The smallest absolute Gasteiger partial charge is 0.0526 e. The second-order valence-electron chi connectivity index (χ2n) is 5.03. The maximum atomic E-state index is 2.58. The highest BCUT2D eigenvalue weighted by atomic mass is 32.2. The highest BCUT2D eigenvalue weighted by Crippen LogP contribution is 2.19. The summed E-state index contributed by atoms with van der Waals surface area (Å²) in [6, 6.07) is 0. The number of rotatable bonds is 2. The minimum Gasteiger partial charge on any atom is -0.296 e. The lowest BCUT2D eigenvalue weighted by atomic mass is 10.1. The first kappa shape index (κ1) is 12.3. The molecule has 0 aromatic rings. The number of piperazine rings is 1. The van der Waals surface area contributed by atoms with Gasteiger partial charge in [0.25, 0.3) is 0 Å². The monoisotopic (exact) mass is 216 g/mol. The molecule has 0 amide bonds. The van der Waals surface area contributed by atoms with Crippen LogP contribution in [0.5, 0.6) is 0 Å². The minimum atomic E-state index is 0.342. The molecule has 0 aliphatic carbocycles. The van der Waals surface area contributed by atoms with Gasteiger partial charge in [0, 0.05) is 31.7 Å². The van der Waals surface area contributed by atoms with Crippen LogP contribution in [0.2, 0.25) is 0 Å². The van der Waals surface area contributed by atoms with Crippen LogP contribution in [0.3, 0.4) is 0 Å². The normalized spacial score (nSPS) is 23.8. The van der Waals surface area contributed by atoms with Crippen molar-refractivity contribution in [1.29, 1.82) is 0 Å². The van der Waals surface area contributed by atoms with Crippen molar-refractivity contribution in [3.63, 3.8) is 0 Å². The van der Waals surface area contributed by atoms with Gasteiger partial charge in [-0.15, -0.1) is 11.8 Å². The first-order valence-electron chi connectivity index (χ1n) is 5.47. The van der Waals surface area contributed by atoms with Gasteiger partial charge in [0.1, 0.15) is 0 Å². The third kappa shape index (κ3) is 3.14. The van der Waals surface area contributed by atoms with Crippen molar-refractivity contribution in [3.05, 3.63) is 0 Å².